The Labute approximate surface area is 161 Å². The molecular formula is C17H26IN5O. The van der Waals surface area contributed by atoms with E-state index in [-0.39, 0.29) is 42.0 Å². The fraction of sp³-hybridized carbons (Fsp3) is 0.471. The van der Waals surface area contributed by atoms with Crippen LogP contribution in [0, 0.1) is 11.3 Å². The summed E-state index contributed by atoms with van der Waals surface area (Å²) in [4.78, 5) is 16.3. The summed E-state index contributed by atoms with van der Waals surface area (Å²) < 4.78 is 0. The van der Waals surface area contributed by atoms with Crippen LogP contribution >= 0.6 is 24.0 Å². The van der Waals surface area contributed by atoms with E-state index in [1.165, 1.54) is 0 Å². The Bertz CT molecular complexity index is 584. The van der Waals surface area contributed by atoms with Crippen molar-refractivity contribution in [2.45, 2.75) is 39.8 Å². The first-order valence-corrected chi connectivity index (χ1v) is 7.66. The number of hydrogen-bond acceptors (Lipinski definition) is 3. The van der Waals surface area contributed by atoms with Gasteiger partial charge in [0.25, 0.3) is 0 Å². The van der Waals surface area contributed by atoms with Gasteiger partial charge >= 0.3 is 0 Å². The average Bonchev–Trinajstić information content (AvgIpc) is 2.49. The lowest BCUT2D eigenvalue weighted by atomic mass is 10.1. The molecule has 0 spiro atoms. The van der Waals surface area contributed by atoms with Gasteiger partial charge in [-0.2, -0.15) is 5.26 Å². The Hall–Kier alpha value is -1.82. The molecule has 0 radical (unpaired) electrons. The third kappa shape index (κ3) is 9.35. The van der Waals surface area contributed by atoms with Crippen LogP contribution in [-0.2, 0) is 11.3 Å². The molecule has 0 saturated carbocycles. The van der Waals surface area contributed by atoms with E-state index in [9.17, 15) is 4.79 Å². The van der Waals surface area contributed by atoms with E-state index in [0.29, 0.717) is 24.6 Å². The number of halogens is 1. The highest BCUT2D eigenvalue weighted by atomic mass is 127. The van der Waals surface area contributed by atoms with Crippen LogP contribution in [0.3, 0.4) is 0 Å². The topological polar surface area (TPSA) is 89.3 Å². The van der Waals surface area contributed by atoms with Crippen LogP contribution < -0.4 is 16.0 Å². The van der Waals surface area contributed by atoms with Crippen molar-refractivity contribution in [1.29, 1.82) is 5.26 Å². The summed E-state index contributed by atoms with van der Waals surface area (Å²) in [6, 6.07) is 9.36. The summed E-state index contributed by atoms with van der Waals surface area (Å²) in [5.41, 5.74) is 1.37. The molecule has 1 aromatic carbocycles. The molecule has 0 unspecified atom stereocenters. The molecule has 1 rings (SSSR count). The summed E-state index contributed by atoms with van der Waals surface area (Å²) in [6.07, 6.45) is 0. The standard InChI is InChI=1S/C17H25N5O.HI/c1-5-19-16(21-12-15(23)22-17(2,3)4)20-11-14-8-6-13(10-18)7-9-14;/h6-9H,5,11-12H2,1-4H3,(H,22,23)(H2,19,20,21);1H. The first-order valence-electron chi connectivity index (χ1n) is 7.66. The van der Waals surface area contributed by atoms with Crippen molar-refractivity contribution in [1.82, 2.24) is 16.0 Å². The number of carbonyl (C=O) groups is 1. The number of guanidine groups is 1. The summed E-state index contributed by atoms with van der Waals surface area (Å²) in [5.74, 6) is 0.502. The minimum absolute atomic E-state index is 0. The second kappa shape index (κ2) is 10.9. The van der Waals surface area contributed by atoms with Gasteiger partial charge in [0.15, 0.2) is 5.96 Å². The first kappa shape index (κ1) is 22.2. The number of nitrogens with zero attached hydrogens (tertiary/aromatic N) is 2. The number of carbonyl (C=O) groups excluding carboxylic acids is 1. The maximum Gasteiger partial charge on any atom is 0.239 e. The number of hydrogen-bond donors (Lipinski definition) is 3. The Morgan fingerprint density at radius 1 is 1.21 bits per heavy atom. The van der Waals surface area contributed by atoms with Gasteiger partial charge < -0.3 is 16.0 Å². The lowest BCUT2D eigenvalue weighted by Gasteiger charge is -2.21. The highest BCUT2D eigenvalue weighted by Gasteiger charge is 2.13. The molecule has 0 atom stereocenters. The lowest BCUT2D eigenvalue weighted by Crippen LogP contribution is -2.48. The van der Waals surface area contributed by atoms with Crippen LogP contribution in [0.25, 0.3) is 0 Å². The molecule has 1 aromatic rings. The summed E-state index contributed by atoms with van der Waals surface area (Å²) in [5, 5.41) is 17.8. The van der Waals surface area contributed by atoms with Crippen molar-refractivity contribution in [3.8, 4) is 6.07 Å². The quantitative estimate of drug-likeness (QED) is 0.370. The molecule has 0 bridgehead atoms. The highest BCUT2D eigenvalue weighted by molar-refractivity contribution is 14.0. The Balaban J connectivity index is 0.00000529. The fourth-order valence-corrected chi connectivity index (χ4v) is 1.82. The van der Waals surface area contributed by atoms with Gasteiger partial charge in [-0.25, -0.2) is 4.99 Å². The lowest BCUT2D eigenvalue weighted by molar-refractivity contribution is -0.121. The third-order valence-electron chi connectivity index (χ3n) is 2.78. The van der Waals surface area contributed by atoms with Crippen LogP contribution in [0.15, 0.2) is 29.3 Å². The molecule has 1 amide bonds. The van der Waals surface area contributed by atoms with Crippen molar-refractivity contribution >= 4 is 35.8 Å². The van der Waals surface area contributed by atoms with Gasteiger partial charge in [-0.15, -0.1) is 24.0 Å². The van der Waals surface area contributed by atoms with Gasteiger partial charge in [-0.05, 0) is 45.4 Å². The van der Waals surface area contributed by atoms with Gasteiger partial charge in [0.2, 0.25) is 5.91 Å². The van der Waals surface area contributed by atoms with Crippen LogP contribution in [0.1, 0.15) is 38.8 Å². The third-order valence-corrected chi connectivity index (χ3v) is 2.78. The number of rotatable bonds is 5. The van der Waals surface area contributed by atoms with Crippen LogP contribution in [0.2, 0.25) is 0 Å². The Morgan fingerprint density at radius 2 is 1.83 bits per heavy atom. The smallest absolute Gasteiger partial charge is 0.239 e. The Kier molecular flexibility index (Phi) is 10.0. The van der Waals surface area contributed by atoms with E-state index in [2.05, 4.69) is 27.0 Å². The van der Waals surface area contributed by atoms with E-state index in [0.717, 1.165) is 5.56 Å². The minimum atomic E-state index is -0.253. The zero-order chi connectivity index (χ0) is 17.3. The predicted molar refractivity (Wildman–Crippen MR) is 107 cm³/mol. The van der Waals surface area contributed by atoms with Crippen LogP contribution in [0.5, 0.6) is 0 Å². The number of aliphatic imine (C=N–C) groups is 1. The summed E-state index contributed by atoms with van der Waals surface area (Å²) in [7, 11) is 0. The largest absolute Gasteiger partial charge is 0.357 e. The minimum Gasteiger partial charge on any atom is -0.357 e. The Morgan fingerprint density at radius 3 is 2.33 bits per heavy atom. The van der Waals surface area contributed by atoms with Gasteiger partial charge in [0.05, 0.1) is 24.7 Å². The monoisotopic (exact) mass is 443 g/mol. The number of nitrogens with one attached hydrogen (secondary N) is 3. The summed E-state index contributed by atoms with van der Waals surface area (Å²) >= 11 is 0. The van der Waals surface area contributed by atoms with Crippen LogP contribution in [0.4, 0.5) is 0 Å². The van der Waals surface area contributed by atoms with E-state index in [1.807, 2.05) is 39.8 Å². The van der Waals surface area contributed by atoms with Crippen molar-refractivity contribution in [3.05, 3.63) is 35.4 Å². The fourth-order valence-electron chi connectivity index (χ4n) is 1.82. The van der Waals surface area contributed by atoms with Crippen molar-refractivity contribution < 1.29 is 4.79 Å². The van der Waals surface area contributed by atoms with Crippen molar-refractivity contribution in [3.63, 3.8) is 0 Å². The predicted octanol–water partition coefficient (Wildman–Crippen LogP) is 2.15. The van der Waals surface area contributed by atoms with Gasteiger partial charge in [-0.1, -0.05) is 12.1 Å². The molecule has 0 heterocycles. The second-order valence-electron chi connectivity index (χ2n) is 6.16. The molecule has 6 nitrogen and oxygen atoms in total. The molecule has 3 N–H and O–H groups in total. The molecule has 7 heteroatoms. The zero-order valence-electron chi connectivity index (χ0n) is 14.6. The summed E-state index contributed by atoms with van der Waals surface area (Å²) in [6.45, 7) is 9.13. The van der Waals surface area contributed by atoms with E-state index < -0.39 is 0 Å². The normalized spacial score (nSPS) is 11.0. The average molecular weight is 443 g/mol. The maximum absolute atomic E-state index is 11.8. The molecular weight excluding hydrogens is 417 g/mol. The SMILES string of the molecule is CCNC(=NCc1ccc(C#N)cc1)NCC(=O)NC(C)(C)C.I. The molecule has 132 valence electrons. The molecule has 24 heavy (non-hydrogen) atoms. The molecule has 0 aliphatic carbocycles. The number of benzene rings is 1. The highest BCUT2D eigenvalue weighted by Crippen LogP contribution is 2.04. The van der Waals surface area contributed by atoms with E-state index in [4.69, 9.17) is 5.26 Å². The van der Waals surface area contributed by atoms with Gasteiger partial charge in [0.1, 0.15) is 0 Å². The second-order valence-corrected chi connectivity index (χ2v) is 6.16. The first-order chi connectivity index (χ1) is 10.8. The van der Waals surface area contributed by atoms with Crippen LogP contribution in [-0.4, -0.2) is 30.5 Å². The molecule has 0 saturated heterocycles. The molecule has 0 fully saturated rings. The molecule has 0 aliphatic heterocycles. The van der Waals surface area contributed by atoms with Crippen molar-refractivity contribution in [2.24, 2.45) is 4.99 Å². The van der Waals surface area contributed by atoms with E-state index in [1.54, 1.807) is 12.1 Å². The zero-order valence-corrected chi connectivity index (χ0v) is 17.0. The van der Waals surface area contributed by atoms with E-state index >= 15 is 0 Å². The number of nitriles is 1. The number of amides is 1. The van der Waals surface area contributed by atoms with Gasteiger partial charge in [0, 0.05) is 12.1 Å². The van der Waals surface area contributed by atoms with Gasteiger partial charge in [-0.3, -0.25) is 4.79 Å². The molecule has 0 aliphatic rings. The maximum atomic E-state index is 11.8. The van der Waals surface area contributed by atoms with Crippen molar-refractivity contribution in [2.75, 3.05) is 13.1 Å². The molecule has 0 aromatic heterocycles.